The second-order valence-corrected chi connectivity index (χ2v) is 7.41. The zero-order valence-electron chi connectivity index (χ0n) is 17.1. The molecule has 2 amide bonds. The van der Waals surface area contributed by atoms with Gasteiger partial charge in [0.05, 0.1) is 0 Å². The first-order chi connectivity index (χ1) is 14.4. The molecule has 2 aromatic rings. The lowest BCUT2D eigenvalue weighted by atomic mass is 9.98. The lowest BCUT2D eigenvalue weighted by Gasteiger charge is -2.19. The van der Waals surface area contributed by atoms with Crippen molar-refractivity contribution in [2.75, 3.05) is 6.61 Å². The number of ether oxygens (including phenoxy) is 1. The molecule has 0 spiro atoms. The Morgan fingerprint density at radius 2 is 1.57 bits per heavy atom. The SMILES string of the molecule is CCC(CC(=O)NC(C)C(=O)O)NC(=O)OCC1c2ccccc2-c2ccccc21. The van der Waals surface area contributed by atoms with E-state index in [2.05, 4.69) is 22.8 Å². The fourth-order valence-electron chi connectivity index (χ4n) is 3.69. The summed E-state index contributed by atoms with van der Waals surface area (Å²) in [5.41, 5.74) is 4.55. The number of carboxylic acid groups (broad SMARTS) is 1. The van der Waals surface area contributed by atoms with Gasteiger partial charge in [-0.25, -0.2) is 4.79 Å². The summed E-state index contributed by atoms with van der Waals surface area (Å²) < 4.78 is 5.50. The van der Waals surface area contributed by atoms with Gasteiger partial charge in [0.1, 0.15) is 12.6 Å². The van der Waals surface area contributed by atoms with Crippen LogP contribution in [-0.2, 0) is 14.3 Å². The van der Waals surface area contributed by atoms with Crippen LogP contribution in [0.15, 0.2) is 48.5 Å². The van der Waals surface area contributed by atoms with Crippen LogP contribution in [0.25, 0.3) is 11.1 Å². The predicted molar refractivity (Wildman–Crippen MR) is 112 cm³/mol. The molecule has 2 atom stereocenters. The van der Waals surface area contributed by atoms with Gasteiger partial charge in [-0.05, 0) is 35.6 Å². The minimum Gasteiger partial charge on any atom is -0.480 e. The molecule has 0 heterocycles. The second kappa shape index (κ2) is 9.43. The van der Waals surface area contributed by atoms with Crippen LogP contribution in [0.5, 0.6) is 0 Å². The minimum atomic E-state index is -1.11. The number of aliphatic carboxylic acids is 1. The van der Waals surface area contributed by atoms with Crippen LogP contribution >= 0.6 is 0 Å². The number of hydrogen-bond donors (Lipinski definition) is 3. The summed E-state index contributed by atoms with van der Waals surface area (Å²) in [6.07, 6.45) is -0.0972. The fraction of sp³-hybridized carbons (Fsp3) is 0.348. The van der Waals surface area contributed by atoms with E-state index in [0.717, 1.165) is 22.3 Å². The molecule has 2 aromatic carbocycles. The summed E-state index contributed by atoms with van der Waals surface area (Å²) in [5, 5.41) is 14.0. The van der Waals surface area contributed by atoms with E-state index in [1.165, 1.54) is 6.92 Å². The average Bonchev–Trinajstić information content (AvgIpc) is 3.05. The molecule has 158 valence electrons. The number of hydrogen-bond acceptors (Lipinski definition) is 4. The van der Waals surface area contributed by atoms with Crippen LogP contribution in [0.1, 0.15) is 43.7 Å². The van der Waals surface area contributed by atoms with Gasteiger partial charge >= 0.3 is 12.1 Å². The Morgan fingerprint density at radius 1 is 1.00 bits per heavy atom. The number of nitrogens with one attached hydrogen (secondary N) is 2. The van der Waals surface area contributed by atoms with Gasteiger partial charge in [-0.1, -0.05) is 55.5 Å². The molecule has 0 aliphatic heterocycles. The normalized spacial score (nSPS) is 14.2. The molecule has 7 nitrogen and oxygen atoms in total. The summed E-state index contributed by atoms with van der Waals surface area (Å²) in [4.78, 5) is 35.2. The molecule has 7 heteroatoms. The molecule has 0 radical (unpaired) electrons. The largest absolute Gasteiger partial charge is 0.480 e. The highest BCUT2D eigenvalue weighted by Gasteiger charge is 2.29. The third-order valence-corrected chi connectivity index (χ3v) is 5.34. The third kappa shape index (κ3) is 4.79. The van der Waals surface area contributed by atoms with E-state index < -0.39 is 30.1 Å². The number of amides is 2. The van der Waals surface area contributed by atoms with Crippen molar-refractivity contribution in [2.45, 2.75) is 44.7 Å². The van der Waals surface area contributed by atoms with Crippen molar-refractivity contribution in [1.82, 2.24) is 10.6 Å². The molecule has 0 bridgehead atoms. The van der Waals surface area contributed by atoms with Gasteiger partial charge in [-0.2, -0.15) is 0 Å². The van der Waals surface area contributed by atoms with Gasteiger partial charge in [0.15, 0.2) is 0 Å². The molecule has 0 saturated carbocycles. The molecule has 1 aliphatic carbocycles. The highest BCUT2D eigenvalue weighted by molar-refractivity contribution is 5.84. The first-order valence-electron chi connectivity index (χ1n) is 10.0. The standard InChI is InChI=1S/C23H26N2O5/c1-3-15(12-21(26)24-14(2)22(27)28)25-23(29)30-13-20-18-10-6-4-8-16(18)17-9-5-7-11-19(17)20/h4-11,14-15,20H,3,12-13H2,1-2H3,(H,24,26)(H,25,29)(H,27,28). The molecular formula is C23H26N2O5. The van der Waals surface area contributed by atoms with Crippen molar-refractivity contribution >= 4 is 18.0 Å². The van der Waals surface area contributed by atoms with E-state index in [1.807, 2.05) is 43.3 Å². The van der Waals surface area contributed by atoms with Crippen molar-refractivity contribution in [1.29, 1.82) is 0 Å². The highest BCUT2D eigenvalue weighted by atomic mass is 16.5. The van der Waals surface area contributed by atoms with Crippen LogP contribution in [0, 0.1) is 0 Å². The molecule has 3 N–H and O–H groups in total. The minimum absolute atomic E-state index is 0.0156. The van der Waals surface area contributed by atoms with Gasteiger partial charge in [0.25, 0.3) is 0 Å². The van der Waals surface area contributed by atoms with Crippen molar-refractivity contribution in [2.24, 2.45) is 0 Å². The van der Waals surface area contributed by atoms with E-state index in [4.69, 9.17) is 9.84 Å². The maximum atomic E-state index is 12.3. The number of carbonyl (C=O) groups is 3. The number of fused-ring (bicyclic) bond motifs is 3. The molecule has 3 rings (SSSR count). The van der Waals surface area contributed by atoms with Gasteiger partial charge < -0.3 is 20.5 Å². The number of rotatable bonds is 8. The zero-order valence-corrected chi connectivity index (χ0v) is 17.1. The maximum Gasteiger partial charge on any atom is 0.407 e. The maximum absolute atomic E-state index is 12.3. The Morgan fingerprint density at radius 3 is 2.10 bits per heavy atom. The fourth-order valence-corrected chi connectivity index (χ4v) is 3.69. The Balaban J connectivity index is 1.58. The van der Waals surface area contributed by atoms with Crippen molar-refractivity contribution in [3.05, 3.63) is 59.7 Å². The van der Waals surface area contributed by atoms with Crippen molar-refractivity contribution < 1.29 is 24.2 Å². The summed E-state index contributed by atoms with van der Waals surface area (Å²) in [6.45, 7) is 3.42. The molecule has 0 fully saturated rings. The van der Waals surface area contributed by atoms with E-state index in [9.17, 15) is 14.4 Å². The lowest BCUT2D eigenvalue weighted by molar-refractivity contribution is -0.141. The highest BCUT2D eigenvalue weighted by Crippen LogP contribution is 2.44. The van der Waals surface area contributed by atoms with E-state index in [-0.39, 0.29) is 18.9 Å². The summed E-state index contributed by atoms with van der Waals surface area (Å²) >= 11 is 0. The molecule has 0 saturated heterocycles. The van der Waals surface area contributed by atoms with Crippen LogP contribution in [-0.4, -0.2) is 41.8 Å². The lowest BCUT2D eigenvalue weighted by Crippen LogP contribution is -2.43. The van der Waals surface area contributed by atoms with Gasteiger partial charge in [-0.15, -0.1) is 0 Å². The Hall–Kier alpha value is -3.35. The number of benzene rings is 2. The van der Waals surface area contributed by atoms with Gasteiger partial charge in [0, 0.05) is 18.4 Å². The summed E-state index contributed by atoms with van der Waals surface area (Å²) in [6, 6.07) is 14.7. The van der Waals surface area contributed by atoms with Gasteiger partial charge in [-0.3, -0.25) is 9.59 Å². The third-order valence-electron chi connectivity index (χ3n) is 5.34. The molecule has 30 heavy (non-hydrogen) atoms. The van der Waals surface area contributed by atoms with E-state index >= 15 is 0 Å². The van der Waals surface area contributed by atoms with Crippen molar-refractivity contribution in [3.8, 4) is 11.1 Å². The van der Waals surface area contributed by atoms with Crippen LogP contribution in [0.3, 0.4) is 0 Å². The number of carbonyl (C=O) groups excluding carboxylic acids is 2. The first-order valence-corrected chi connectivity index (χ1v) is 10.0. The summed E-state index contributed by atoms with van der Waals surface area (Å²) in [5.74, 6) is -1.58. The van der Waals surface area contributed by atoms with Gasteiger partial charge in [0.2, 0.25) is 5.91 Å². The van der Waals surface area contributed by atoms with Crippen LogP contribution in [0.4, 0.5) is 4.79 Å². The van der Waals surface area contributed by atoms with Crippen LogP contribution in [0.2, 0.25) is 0 Å². The smallest absolute Gasteiger partial charge is 0.407 e. The molecule has 2 unspecified atom stereocenters. The Labute approximate surface area is 175 Å². The monoisotopic (exact) mass is 410 g/mol. The average molecular weight is 410 g/mol. The number of alkyl carbamates (subject to hydrolysis) is 1. The van der Waals surface area contributed by atoms with Crippen molar-refractivity contribution in [3.63, 3.8) is 0 Å². The first kappa shape index (κ1) is 21.4. The van der Waals surface area contributed by atoms with E-state index in [0.29, 0.717) is 6.42 Å². The molecular weight excluding hydrogens is 384 g/mol. The van der Waals surface area contributed by atoms with Crippen LogP contribution < -0.4 is 10.6 Å². The predicted octanol–water partition coefficient (Wildman–Crippen LogP) is 3.28. The van der Waals surface area contributed by atoms with E-state index in [1.54, 1.807) is 0 Å². The zero-order chi connectivity index (χ0) is 21.7. The molecule has 0 aromatic heterocycles. The molecule has 1 aliphatic rings. The quantitative estimate of drug-likeness (QED) is 0.619. The number of carboxylic acids is 1. The summed E-state index contributed by atoms with van der Waals surface area (Å²) in [7, 11) is 0. The topological polar surface area (TPSA) is 105 Å². The Kier molecular flexibility index (Phi) is 6.72. The Bertz CT molecular complexity index is 897. The second-order valence-electron chi connectivity index (χ2n) is 7.41.